The second-order valence-electron chi connectivity index (χ2n) is 7.56. The number of benzene rings is 2. The largest absolute Gasteiger partial charge is 0.481 e. The van der Waals surface area contributed by atoms with Gasteiger partial charge in [0.05, 0.1) is 0 Å². The third-order valence-electron chi connectivity index (χ3n) is 5.33. The van der Waals surface area contributed by atoms with E-state index in [4.69, 9.17) is 9.84 Å². The highest BCUT2D eigenvalue weighted by Gasteiger charge is 2.28. The monoisotopic (exact) mass is 424 g/mol. The van der Waals surface area contributed by atoms with Crippen LogP contribution in [0.15, 0.2) is 48.5 Å². The van der Waals surface area contributed by atoms with Gasteiger partial charge in [0.2, 0.25) is 5.91 Å². The van der Waals surface area contributed by atoms with Gasteiger partial charge in [-0.05, 0) is 41.5 Å². The number of carbonyl (C=O) groups excluding carboxylic acids is 2. The third kappa shape index (κ3) is 6.31. The van der Waals surface area contributed by atoms with Crippen LogP contribution in [-0.4, -0.2) is 42.8 Å². The van der Waals surface area contributed by atoms with Gasteiger partial charge in [0, 0.05) is 31.8 Å². The first-order chi connectivity index (χ1) is 15.1. The maximum Gasteiger partial charge on any atom is 0.407 e. The number of unbranched alkanes of at least 4 members (excludes halogenated alkanes) is 1. The minimum absolute atomic E-state index is 0.0186. The number of hydrogen-bond acceptors (Lipinski definition) is 4. The summed E-state index contributed by atoms with van der Waals surface area (Å²) in [5.41, 5.74) is 4.69. The SMILES string of the molecule is O=C(O)CCCCNC(=O)CCCNC(=O)OCC1c2ccccc2-c2ccccc21. The fourth-order valence-corrected chi connectivity index (χ4v) is 3.81. The molecule has 31 heavy (non-hydrogen) atoms. The molecule has 164 valence electrons. The molecule has 0 aliphatic heterocycles. The minimum atomic E-state index is -0.828. The first-order valence-electron chi connectivity index (χ1n) is 10.6. The lowest BCUT2D eigenvalue weighted by atomic mass is 9.98. The van der Waals surface area contributed by atoms with Gasteiger partial charge in [-0.1, -0.05) is 48.5 Å². The molecule has 3 N–H and O–H groups in total. The fourth-order valence-electron chi connectivity index (χ4n) is 3.81. The summed E-state index contributed by atoms with van der Waals surface area (Å²) in [6.45, 7) is 1.08. The van der Waals surface area contributed by atoms with E-state index in [0.717, 1.165) is 11.1 Å². The number of carboxylic acid groups (broad SMARTS) is 1. The van der Waals surface area contributed by atoms with Crippen molar-refractivity contribution >= 4 is 18.0 Å². The van der Waals surface area contributed by atoms with Crippen LogP contribution in [0.3, 0.4) is 0 Å². The minimum Gasteiger partial charge on any atom is -0.481 e. The molecule has 1 aliphatic carbocycles. The number of hydrogen-bond donors (Lipinski definition) is 3. The average Bonchev–Trinajstić information content (AvgIpc) is 3.08. The number of amides is 2. The second-order valence-corrected chi connectivity index (χ2v) is 7.56. The van der Waals surface area contributed by atoms with Crippen LogP contribution in [-0.2, 0) is 14.3 Å². The molecular formula is C24H28N2O5. The van der Waals surface area contributed by atoms with E-state index in [0.29, 0.717) is 38.8 Å². The summed E-state index contributed by atoms with van der Waals surface area (Å²) in [6.07, 6.45) is 1.60. The van der Waals surface area contributed by atoms with Crippen molar-refractivity contribution in [2.24, 2.45) is 0 Å². The van der Waals surface area contributed by atoms with Gasteiger partial charge in [-0.3, -0.25) is 9.59 Å². The summed E-state index contributed by atoms with van der Waals surface area (Å²) in [5.74, 6) is -0.916. The zero-order valence-electron chi connectivity index (χ0n) is 17.4. The Kier molecular flexibility index (Phi) is 8.04. The van der Waals surface area contributed by atoms with Crippen LogP contribution >= 0.6 is 0 Å². The molecule has 0 spiro atoms. The molecule has 2 amide bonds. The van der Waals surface area contributed by atoms with E-state index < -0.39 is 12.1 Å². The fraction of sp³-hybridized carbons (Fsp3) is 0.375. The van der Waals surface area contributed by atoms with E-state index in [1.54, 1.807) is 0 Å². The maximum absolute atomic E-state index is 12.1. The Hall–Kier alpha value is -3.35. The van der Waals surface area contributed by atoms with Crippen LogP contribution in [0.4, 0.5) is 4.79 Å². The van der Waals surface area contributed by atoms with Crippen molar-refractivity contribution < 1.29 is 24.2 Å². The lowest BCUT2D eigenvalue weighted by molar-refractivity contribution is -0.137. The normalized spacial score (nSPS) is 12.0. The summed E-state index contributed by atoms with van der Waals surface area (Å²) < 4.78 is 5.46. The number of nitrogens with one attached hydrogen (secondary N) is 2. The molecule has 2 aromatic rings. The maximum atomic E-state index is 12.1. The molecule has 3 rings (SSSR count). The summed E-state index contributed by atoms with van der Waals surface area (Å²) in [4.78, 5) is 34.3. The highest BCUT2D eigenvalue weighted by Crippen LogP contribution is 2.44. The van der Waals surface area contributed by atoms with Crippen LogP contribution in [0.2, 0.25) is 0 Å². The van der Waals surface area contributed by atoms with E-state index in [-0.39, 0.29) is 24.9 Å². The summed E-state index contributed by atoms with van der Waals surface area (Å²) in [6, 6.07) is 16.3. The Morgan fingerprint density at radius 3 is 2.06 bits per heavy atom. The number of ether oxygens (including phenoxy) is 1. The van der Waals surface area contributed by atoms with Crippen LogP contribution in [0, 0.1) is 0 Å². The molecule has 7 nitrogen and oxygen atoms in total. The molecule has 0 heterocycles. The van der Waals surface area contributed by atoms with E-state index >= 15 is 0 Å². The highest BCUT2D eigenvalue weighted by molar-refractivity contribution is 5.79. The first-order valence-corrected chi connectivity index (χ1v) is 10.6. The van der Waals surface area contributed by atoms with Gasteiger partial charge in [0.15, 0.2) is 0 Å². The Bertz CT molecular complexity index is 882. The van der Waals surface area contributed by atoms with Crippen molar-refractivity contribution in [3.05, 3.63) is 59.7 Å². The number of rotatable bonds is 11. The number of alkyl carbamates (subject to hydrolysis) is 1. The van der Waals surface area contributed by atoms with Gasteiger partial charge < -0.3 is 20.5 Å². The summed E-state index contributed by atoms with van der Waals surface area (Å²) >= 11 is 0. The third-order valence-corrected chi connectivity index (χ3v) is 5.33. The van der Waals surface area contributed by atoms with Crippen molar-refractivity contribution in [2.45, 2.75) is 38.0 Å². The van der Waals surface area contributed by atoms with Crippen molar-refractivity contribution in [2.75, 3.05) is 19.7 Å². The predicted molar refractivity (Wildman–Crippen MR) is 117 cm³/mol. The molecule has 0 radical (unpaired) electrons. The van der Waals surface area contributed by atoms with E-state index in [1.807, 2.05) is 24.3 Å². The topological polar surface area (TPSA) is 105 Å². The number of carboxylic acids is 1. The Labute approximate surface area is 181 Å². The zero-order valence-corrected chi connectivity index (χ0v) is 17.4. The van der Waals surface area contributed by atoms with Gasteiger partial charge in [-0.15, -0.1) is 0 Å². The van der Waals surface area contributed by atoms with Gasteiger partial charge in [0.1, 0.15) is 6.61 Å². The number of fused-ring (bicyclic) bond motifs is 3. The van der Waals surface area contributed by atoms with E-state index in [1.165, 1.54) is 11.1 Å². The van der Waals surface area contributed by atoms with Crippen molar-refractivity contribution in [1.82, 2.24) is 10.6 Å². The van der Waals surface area contributed by atoms with Crippen molar-refractivity contribution in [3.63, 3.8) is 0 Å². The van der Waals surface area contributed by atoms with Gasteiger partial charge in [0.25, 0.3) is 0 Å². The molecule has 0 saturated carbocycles. The molecular weight excluding hydrogens is 396 g/mol. The van der Waals surface area contributed by atoms with Gasteiger partial charge in [-0.25, -0.2) is 4.79 Å². The van der Waals surface area contributed by atoms with Gasteiger partial charge in [-0.2, -0.15) is 0 Å². The molecule has 0 atom stereocenters. The lowest BCUT2D eigenvalue weighted by Crippen LogP contribution is -2.29. The smallest absolute Gasteiger partial charge is 0.407 e. The van der Waals surface area contributed by atoms with Crippen LogP contribution in [0.5, 0.6) is 0 Å². The first kappa shape index (κ1) is 22.3. The van der Waals surface area contributed by atoms with Crippen molar-refractivity contribution in [1.29, 1.82) is 0 Å². The second kappa shape index (κ2) is 11.2. The predicted octanol–water partition coefficient (Wildman–Crippen LogP) is 3.68. The van der Waals surface area contributed by atoms with Crippen molar-refractivity contribution in [3.8, 4) is 11.1 Å². The molecule has 0 saturated heterocycles. The highest BCUT2D eigenvalue weighted by atomic mass is 16.5. The zero-order chi connectivity index (χ0) is 22.1. The average molecular weight is 424 g/mol. The number of carbonyl (C=O) groups is 3. The molecule has 0 bridgehead atoms. The van der Waals surface area contributed by atoms with Gasteiger partial charge >= 0.3 is 12.1 Å². The molecule has 7 heteroatoms. The molecule has 0 aromatic heterocycles. The van der Waals surface area contributed by atoms with E-state index in [9.17, 15) is 14.4 Å². The van der Waals surface area contributed by atoms with Crippen LogP contribution in [0.1, 0.15) is 49.1 Å². The standard InChI is InChI=1S/C24H28N2O5/c27-22(25-14-6-5-13-23(28)29)12-7-15-26-24(30)31-16-21-19-10-3-1-8-17(19)18-9-2-4-11-20(18)21/h1-4,8-11,21H,5-7,12-16H2,(H,25,27)(H,26,30)(H,28,29). The Balaban J connectivity index is 1.34. The molecule has 0 unspecified atom stereocenters. The molecule has 2 aromatic carbocycles. The summed E-state index contributed by atoms with van der Waals surface area (Å²) in [5, 5.41) is 14.0. The summed E-state index contributed by atoms with van der Waals surface area (Å²) in [7, 11) is 0. The molecule has 1 aliphatic rings. The quantitative estimate of drug-likeness (QED) is 0.477. The van der Waals surface area contributed by atoms with Crippen LogP contribution in [0.25, 0.3) is 11.1 Å². The van der Waals surface area contributed by atoms with E-state index in [2.05, 4.69) is 34.9 Å². The Morgan fingerprint density at radius 1 is 0.806 bits per heavy atom. The Morgan fingerprint density at radius 2 is 1.42 bits per heavy atom. The molecule has 0 fully saturated rings. The van der Waals surface area contributed by atoms with Crippen LogP contribution < -0.4 is 10.6 Å². The lowest BCUT2D eigenvalue weighted by Gasteiger charge is -2.14. The number of aliphatic carboxylic acids is 1.